The van der Waals surface area contributed by atoms with Crippen LogP contribution in [0.2, 0.25) is 5.02 Å². The van der Waals surface area contributed by atoms with Gasteiger partial charge in [0, 0.05) is 12.3 Å². The summed E-state index contributed by atoms with van der Waals surface area (Å²) in [7, 11) is 0. The standard InChI is InChI=1S/C15H15ClF2N4O/c1-8-3-14(13(18)4-12(8)17)20-5-10(19)7-23-15-21-6-11(16)9(2)22-15/h3-6,20H,7,19H2,1-2H3/b10-5-. The highest BCUT2D eigenvalue weighted by Crippen LogP contribution is 2.19. The third-order valence-corrected chi connectivity index (χ3v) is 3.30. The predicted octanol–water partition coefficient (Wildman–Crippen LogP) is 3.32. The van der Waals surface area contributed by atoms with Crippen molar-refractivity contribution >= 4 is 17.3 Å². The van der Waals surface area contributed by atoms with Crippen molar-refractivity contribution in [1.29, 1.82) is 0 Å². The molecule has 0 radical (unpaired) electrons. The van der Waals surface area contributed by atoms with Crippen LogP contribution < -0.4 is 15.8 Å². The van der Waals surface area contributed by atoms with E-state index in [9.17, 15) is 8.78 Å². The van der Waals surface area contributed by atoms with Crippen LogP contribution in [0.5, 0.6) is 6.01 Å². The van der Waals surface area contributed by atoms with E-state index in [1.165, 1.54) is 25.4 Å². The van der Waals surface area contributed by atoms with E-state index in [2.05, 4.69) is 15.3 Å². The number of aryl methyl sites for hydroxylation is 2. The largest absolute Gasteiger partial charge is 0.457 e. The normalized spacial score (nSPS) is 11.4. The molecule has 3 N–H and O–H groups in total. The monoisotopic (exact) mass is 340 g/mol. The lowest BCUT2D eigenvalue weighted by Crippen LogP contribution is -2.12. The molecule has 2 aromatic rings. The van der Waals surface area contributed by atoms with Crippen LogP contribution in [0.1, 0.15) is 11.3 Å². The molecule has 0 saturated carbocycles. The van der Waals surface area contributed by atoms with E-state index in [1.54, 1.807) is 6.92 Å². The molecule has 0 aliphatic heterocycles. The average Bonchev–Trinajstić information content (AvgIpc) is 2.50. The molecule has 8 heteroatoms. The molecule has 1 aromatic heterocycles. The van der Waals surface area contributed by atoms with Gasteiger partial charge in [0.1, 0.15) is 18.2 Å². The number of nitrogens with one attached hydrogen (secondary N) is 1. The summed E-state index contributed by atoms with van der Waals surface area (Å²) in [4.78, 5) is 7.92. The molecule has 0 saturated heterocycles. The molecule has 0 bridgehead atoms. The van der Waals surface area contributed by atoms with Crippen molar-refractivity contribution in [2.24, 2.45) is 5.73 Å². The Balaban J connectivity index is 1.98. The third-order valence-electron chi connectivity index (χ3n) is 2.93. The second-order valence-corrected chi connectivity index (χ2v) is 5.23. The highest BCUT2D eigenvalue weighted by Gasteiger charge is 2.06. The molecule has 1 aromatic carbocycles. The Kier molecular flexibility index (Phi) is 5.33. The van der Waals surface area contributed by atoms with Gasteiger partial charge in [-0.25, -0.2) is 13.8 Å². The fraction of sp³-hybridized carbons (Fsp3) is 0.200. The van der Waals surface area contributed by atoms with E-state index < -0.39 is 11.6 Å². The van der Waals surface area contributed by atoms with E-state index in [-0.39, 0.29) is 24.0 Å². The van der Waals surface area contributed by atoms with Gasteiger partial charge in [0.15, 0.2) is 0 Å². The van der Waals surface area contributed by atoms with Crippen molar-refractivity contribution < 1.29 is 13.5 Å². The minimum atomic E-state index is -0.713. The first-order chi connectivity index (χ1) is 10.9. The predicted molar refractivity (Wildman–Crippen MR) is 84.3 cm³/mol. The maximum atomic E-state index is 13.6. The van der Waals surface area contributed by atoms with Crippen molar-refractivity contribution in [3.63, 3.8) is 0 Å². The molecule has 122 valence electrons. The number of rotatable bonds is 5. The van der Waals surface area contributed by atoms with Gasteiger partial charge >= 0.3 is 6.01 Å². The summed E-state index contributed by atoms with van der Waals surface area (Å²) in [6, 6.07) is 2.29. The van der Waals surface area contributed by atoms with Gasteiger partial charge in [-0.05, 0) is 25.5 Å². The van der Waals surface area contributed by atoms with Crippen molar-refractivity contribution in [2.75, 3.05) is 11.9 Å². The minimum Gasteiger partial charge on any atom is -0.457 e. The van der Waals surface area contributed by atoms with E-state index in [4.69, 9.17) is 22.1 Å². The number of benzene rings is 1. The SMILES string of the molecule is Cc1cc(N/C=C(\N)COc2ncc(Cl)c(C)n2)c(F)cc1F. The van der Waals surface area contributed by atoms with Crippen molar-refractivity contribution in [2.45, 2.75) is 13.8 Å². The first kappa shape index (κ1) is 17.0. The number of aromatic nitrogens is 2. The molecule has 5 nitrogen and oxygen atoms in total. The zero-order valence-corrected chi connectivity index (χ0v) is 13.3. The molecule has 0 spiro atoms. The zero-order chi connectivity index (χ0) is 17.0. The van der Waals surface area contributed by atoms with Gasteiger partial charge in [0.25, 0.3) is 0 Å². The van der Waals surface area contributed by atoms with Crippen LogP contribution >= 0.6 is 11.6 Å². The lowest BCUT2D eigenvalue weighted by Gasteiger charge is -2.08. The average molecular weight is 341 g/mol. The van der Waals surface area contributed by atoms with Gasteiger partial charge in [-0.15, -0.1) is 0 Å². The molecule has 0 unspecified atom stereocenters. The first-order valence-electron chi connectivity index (χ1n) is 6.65. The molecule has 0 amide bonds. The maximum Gasteiger partial charge on any atom is 0.317 e. The highest BCUT2D eigenvalue weighted by molar-refractivity contribution is 6.31. The van der Waals surface area contributed by atoms with Crippen molar-refractivity contribution in [3.8, 4) is 6.01 Å². The third kappa shape index (κ3) is 4.53. The summed E-state index contributed by atoms with van der Waals surface area (Å²) in [6.07, 6.45) is 2.78. The number of nitrogens with two attached hydrogens (primary N) is 1. The Hall–Kier alpha value is -2.41. The number of halogens is 3. The molecule has 2 rings (SSSR count). The fourth-order valence-corrected chi connectivity index (χ4v) is 1.72. The Morgan fingerprint density at radius 1 is 1.35 bits per heavy atom. The Morgan fingerprint density at radius 2 is 2.09 bits per heavy atom. The van der Waals surface area contributed by atoms with E-state index >= 15 is 0 Å². The molecule has 23 heavy (non-hydrogen) atoms. The van der Waals surface area contributed by atoms with Crippen LogP contribution in [0.25, 0.3) is 0 Å². The van der Waals surface area contributed by atoms with E-state index in [0.29, 0.717) is 16.3 Å². The smallest absolute Gasteiger partial charge is 0.317 e. The number of anilines is 1. The van der Waals surface area contributed by atoms with Gasteiger partial charge in [-0.1, -0.05) is 11.6 Å². The van der Waals surface area contributed by atoms with E-state index in [0.717, 1.165) is 6.07 Å². The van der Waals surface area contributed by atoms with Gasteiger partial charge in [-0.2, -0.15) is 4.98 Å². The fourth-order valence-electron chi connectivity index (χ4n) is 1.63. The number of hydrogen-bond acceptors (Lipinski definition) is 5. The molecule has 0 aliphatic rings. The quantitative estimate of drug-likeness (QED) is 0.873. The summed E-state index contributed by atoms with van der Waals surface area (Å²) >= 11 is 5.81. The highest BCUT2D eigenvalue weighted by atomic mass is 35.5. The maximum absolute atomic E-state index is 13.6. The van der Waals surface area contributed by atoms with Crippen LogP contribution in [-0.4, -0.2) is 16.6 Å². The summed E-state index contributed by atoms with van der Waals surface area (Å²) in [5.74, 6) is -1.32. The Morgan fingerprint density at radius 3 is 2.78 bits per heavy atom. The van der Waals surface area contributed by atoms with Gasteiger partial charge in [0.05, 0.1) is 28.3 Å². The van der Waals surface area contributed by atoms with Crippen LogP contribution in [0.4, 0.5) is 14.5 Å². The second-order valence-electron chi connectivity index (χ2n) is 4.82. The lowest BCUT2D eigenvalue weighted by atomic mass is 10.2. The Bertz CT molecular complexity index is 752. The van der Waals surface area contributed by atoms with Gasteiger partial charge in [0.2, 0.25) is 0 Å². The number of nitrogens with zero attached hydrogens (tertiary/aromatic N) is 2. The van der Waals surface area contributed by atoms with E-state index in [1.807, 2.05) is 0 Å². The van der Waals surface area contributed by atoms with Crippen LogP contribution in [-0.2, 0) is 0 Å². The van der Waals surface area contributed by atoms with Gasteiger partial charge < -0.3 is 15.8 Å². The summed E-state index contributed by atoms with van der Waals surface area (Å²) in [5, 5.41) is 3.10. The molecule has 1 heterocycles. The van der Waals surface area contributed by atoms with Crippen LogP contribution in [0, 0.1) is 25.5 Å². The molecule has 0 atom stereocenters. The topological polar surface area (TPSA) is 73.1 Å². The first-order valence-corrected chi connectivity index (χ1v) is 7.03. The molecule has 0 aliphatic carbocycles. The minimum absolute atomic E-state index is 0.00410. The summed E-state index contributed by atoms with van der Waals surface area (Å²) in [6.45, 7) is 3.25. The van der Waals surface area contributed by atoms with Gasteiger partial charge in [-0.3, -0.25) is 0 Å². The zero-order valence-electron chi connectivity index (χ0n) is 12.5. The summed E-state index contributed by atoms with van der Waals surface area (Å²) in [5.41, 5.74) is 7.05. The van der Waals surface area contributed by atoms with Crippen LogP contribution in [0.3, 0.4) is 0 Å². The number of ether oxygens (including phenoxy) is 1. The second kappa shape index (κ2) is 7.23. The Labute approximate surface area is 137 Å². The van der Waals surface area contributed by atoms with Crippen molar-refractivity contribution in [3.05, 3.63) is 58.1 Å². The number of hydrogen-bond donors (Lipinski definition) is 2. The van der Waals surface area contributed by atoms with Crippen LogP contribution in [0.15, 0.2) is 30.2 Å². The summed E-state index contributed by atoms with van der Waals surface area (Å²) < 4.78 is 32.1. The van der Waals surface area contributed by atoms with Crippen molar-refractivity contribution in [1.82, 2.24) is 9.97 Å². The lowest BCUT2D eigenvalue weighted by molar-refractivity contribution is 0.321. The molecular weight excluding hydrogens is 326 g/mol. The molecule has 0 fully saturated rings. The molecular formula is C15H15ClF2N4O.